The number of amides is 1. The minimum atomic E-state index is -3.38. The predicted octanol–water partition coefficient (Wildman–Crippen LogP) is 5.72. The molecule has 228 valence electrons. The average molecular weight is 633 g/mol. The van der Waals surface area contributed by atoms with E-state index in [1.807, 2.05) is 42.5 Å². The summed E-state index contributed by atoms with van der Waals surface area (Å²) in [5.41, 5.74) is 4.84. The molecule has 0 spiro atoms. The van der Waals surface area contributed by atoms with E-state index >= 15 is 0 Å². The standard InChI is InChI=1S/C34H33ClN2O6S/c1-3-42-33(39)34(20-27-10-9-26(19-28(27)21-34)25-11-13-29(35)14-12-25)36-32(38)18-23-7-15-31(16-8-23)43-22-24-5-4-6-30(17-24)37-44(2,40)41/h4-17,19,37H,3,18,20-22H2,1-2H3,(H,36,38). The number of halogens is 1. The molecule has 0 fully saturated rings. The molecule has 44 heavy (non-hydrogen) atoms. The first-order valence-corrected chi connectivity index (χ1v) is 16.4. The van der Waals surface area contributed by atoms with E-state index in [-0.39, 0.29) is 25.5 Å². The average Bonchev–Trinajstić information content (AvgIpc) is 3.35. The number of carbonyl (C=O) groups excluding carboxylic acids is 2. The Morgan fingerprint density at radius 2 is 1.57 bits per heavy atom. The molecule has 4 aromatic carbocycles. The van der Waals surface area contributed by atoms with Gasteiger partial charge in [0.1, 0.15) is 17.9 Å². The van der Waals surface area contributed by atoms with Crippen LogP contribution in [0.15, 0.2) is 91.0 Å². The fourth-order valence-corrected chi connectivity index (χ4v) is 6.04. The molecule has 1 atom stereocenters. The lowest BCUT2D eigenvalue weighted by Crippen LogP contribution is -2.56. The van der Waals surface area contributed by atoms with Gasteiger partial charge in [-0.2, -0.15) is 0 Å². The van der Waals surface area contributed by atoms with Crippen molar-refractivity contribution in [2.45, 2.75) is 38.3 Å². The molecule has 0 aromatic heterocycles. The van der Waals surface area contributed by atoms with Crippen LogP contribution in [0.2, 0.25) is 5.02 Å². The Bertz CT molecular complexity index is 1770. The Morgan fingerprint density at radius 1 is 0.864 bits per heavy atom. The number of rotatable bonds is 11. The fraction of sp³-hybridized carbons (Fsp3) is 0.235. The third-order valence-electron chi connectivity index (χ3n) is 7.34. The third kappa shape index (κ3) is 7.78. The van der Waals surface area contributed by atoms with Crippen molar-refractivity contribution in [3.8, 4) is 16.9 Å². The molecule has 1 amide bonds. The number of fused-ring (bicyclic) bond motifs is 1. The second kappa shape index (κ2) is 13.1. The van der Waals surface area contributed by atoms with Crippen LogP contribution in [-0.4, -0.2) is 38.7 Å². The van der Waals surface area contributed by atoms with Crippen LogP contribution in [0.25, 0.3) is 11.1 Å². The molecule has 0 heterocycles. The summed E-state index contributed by atoms with van der Waals surface area (Å²) in [6.45, 7) is 2.20. The van der Waals surface area contributed by atoms with Gasteiger partial charge in [-0.05, 0) is 76.7 Å². The summed E-state index contributed by atoms with van der Waals surface area (Å²) in [5, 5.41) is 3.67. The van der Waals surface area contributed by atoms with Crippen LogP contribution in [0.4, 0.5) is 5.69 Å². The van der Waals surface area contributed by atoms with Crippen molar-refractivity contribution in [3.05, 3.63) is 118 Å². The van der Waals surface area contributed by atoms with Crippen LogP contribution in [0.5, 0.6) is 5.75 Å². The lowest BCUT2D eigenvalue weighted by molar-refractivity contribution is -0.153. The van der Waals surface area contributed by atoms with Gasteiger partial charge in [0.05, 0.1) is 19.3 Å². The predicted molar refractivity (Wildman–Crippen MR) is 171 cm³/mol. The van der Waals surface area contributed by atoms with E-state index in [4.69, 9.17) is 21.1 Å². The summed E-state index contributed by atoms with van der Waals surface area (Å²) in [5.74, 6) is -0.133. The molecule has 10 heteroatoms. The van der Waals surface area contributed by atoms with E-state index < -0.39 is 21.5 Å². The first kappa shape index (κ1) is 31.1. The molecular formula is C34H33ClN2O6S. The van der Waals surface area contributed by atoms with E-state index in [2.05, 4.69) is 16.1 Å². The fourth-order valence-electron chi connectivity index (χ4n) is 5.36. The number of hydrogen-bond acceptors (Lipinski definition) is 6. The smallest absolute Gasteiger partial charge is 0.332 e. The number of esters is 1. The molecule has 2 N–H and O–H groups in total. The normalized spacial score (nSPS) is 15.7. The van der Waals surface area contributed by atoms with Crippen LogP contribution in [-0.2, 0) is 50.2 Å². The Kier molecular flexibility index (Phi) is 9.27. The van der Waals surface area contributed by atoms with Crippen LogP contribution >= 0.6 is 11.6 Å². The zero-order valence-electron chi connectivity index (χ0n) is 24.4. The summed E-state index contributed by atoms with van der Waals surface area (Å²) in [6, 6.07) is 27.8. The van der Waals surface area contributed by atoms with Crippen LogP contribution in [0.3, 0.4) is 0 Å². The number of sulfonamides is 1. The van der Waals surface area contributed by atoms with Crippen LogP contribution in [0, 0.1) is 0 Å². The highest BCUT2D eigenvalue weighted by atomic mass is 35.5. The highest BCUT2D eigenvalue weighted by Crippen LogP contribution is 2.35. The molecule has 1 aliphatic rings. The summed E-state index contributed by atoms with van der Waals surface area (Å²) >= 11 is 6.05. The molecule has 5 rings (SSSR count). The molecule has 0 saturated heterocycles. The van der Waals surface area contributed by atoms with E-state index in [1.165, 1.54) is 0 Å². The first-order chi connectivity index (χ1) is 21.0. The topological polar surface area (TPSA) is 111 Å². The zero-order chi connectivity index (χ0) is 31.3. The van der Waals surface area contributed by atoms with Crippen molar-refractivity contribution >= 4 is 39.2 Å². The van der Waals surface area contributed by atoms with E-state index in [0.29, 0.717) is 29.3 Å². The SMILES string of the molecule is CCOC(=O)C1(NC(=O)Cc2ccc(OCc3cccc(NS(C)(=O)=O)c3)cc2)Cc2ccc(-c3ccc(Cl)cc3)cc2C1. The number of benzene rings is 4. The molecule has 0 saturated carbocycles. The van der Waals surface area contributed by atoms with Crippen molar-refractivity contribution in [2.75, 3.05) is 17.6 Å². The summed E-state index contributed by atoms with van der Waals surface area (Å²) in [7, 11) is -3.38. The largest absolute Gasteiger partial charge is 0.489 e. The van der Waals surface area contributed by atoms with Crippen molar-refractivity contribution in [1.82, 2.24) is 5.32 Å². The zero-order valence-corrected chi connectivity index (χ0v) is 26.0. The number of nitrogens with one attached hydrogen (secondary N) is 2. The lowest BCUT2D eigenvalue weighted by Gasteiger charge is -2.28. The van der Waals surface area contributed by atoms with Gasteiger partial charge in [0.15, 0.2) is 0 Å². The molecule has 8 nitrogen and oxygen atoms in total. The van der Waals surface area contributed by atoms with Gasteiger partial charge in [-0.25, -0.2) is 13.2 Å². The van der Waals surface area contributed by atoms with Gasteiger partial charge in [0.25, 0.3) is 0 Å². The van der Waals surface area contributed by atoms with Gasteiger partial charge in [-0.3, -0.25) is 9.52 Å². The number of carbonyl (C=O) groups is 2. The maximum absolute atomic E-state index is 13.3. The van der Waals surface area contributed by atoms with E-state index in [0.717, 1.165) is 39.6 Å². The van der Waals surface area contributed by atoms with E-state index in [9.17, 15) is 18.0 Å². The molecule has 0 aliphatic heterocycles. The van der Waals surface area contributed by atoms with Crippen molar-refractivity contribution in [2.24, 2.45) is 0 Å². The highest BCUT2D eigenvalue weighted by Gasteiger charge is 2.46. The second-order valence-corrected chi connectivity index (χ2v) is 13.1. The number of hydrogen-bond donors (Lipinski definition) is 2. The maximum Gasteiger partial charge on any atom is 0.332 e. The molecule has 1 aliphatic carbocycles. The van der Waals surface area contributed by atoms with Gasteiger partial charge in [-0.15, -0.1) is 0 Å². The van der Waals surface area contributed by atoms with Gasteiger partial charge in [-0.1, -0.05) is 66.2 Å². The Morgan fingerprint density at radius 3 is 2.27 bits per heavy atom. The lowest BCUT2D eigenvalue weighted by atomic mass is 9.95. The summed E-state index contributed by atoms with van der Waals surface area (Å²) in [4.78, 5) is 26.5. The first-order valence-electron chi connectivity index (χ1n) is 14.2. The number of anilines is 1. The van der Waals surface area contributed by atoms with Crippen molar-refractivity contribution in [1.29, 1.82) is 0 Å². The summed E-state index contributed by atoms with van der Waals surface area (Å²) < 4.78 is 36.7. The van der Waals surface area contributed by atoms with Gasteiger partial charge in [0.2, 0.25) is 15.9 Å². The molecule has 0 radical (unpaired) electrons. The highest BCUT2D eigenvalue weighted by molar-refractivity contribution is 7.92. The third-order valence-corrected chi connectivity index (χ3v) is 8.20. The van der Waals surface area contributed by atoms with Crippen molar-refractivity contribution in [3.63, 3.8) is 0 Å². The maximum atomic E-state index is 13.3. The summed E-state index contributed by atoms with van der Waals surface area (Å²) in [6.07, 6.45) is 1.86. The van der Waals surface area contributed by atoms with Crippen LogP contribution < -0.4 is 14.8 Å². The minimum Gasteiger partial charge on any atom is -0.489 e. The second-order valence-electron chi connectivity index (χ2n) is 10.9. The van der Waals surface area contributed by atoms with Gasteiger partial charge < -0.3 is 14.8 Å². The quantitative estimate of drug-likeness (QED) is 0.205. The Hall–Kier alpha value is -4.34. The Balaban J connectivity index is 1.23. The van der Waals surface area contributed by atoms with Crippen molar-refractivity contribution < 1.29 is 27.5 Å². The van der Waals surface area contributed by atoms with Gasteiger partial charge >= 0.3 is 5.97 Å². The van der Waals surface area contributed by atoms with E-state index in [1.54, 1.807) is 49.4 Å². The number of ether oxygens (including phenoxy) is 2. The molecular weight excluding hydrogens is 600 g/mol. The minimum absolute atomic E-state index is 0.0764. The van der Waals surface area contributed by atoms with Gasteiger partial charge in [0, 0.05) is 23.6 Å². The van der Waals surface area contributed by atoms with Crippen LogP contribution in [0.1, 0.15) is 29.2 Å². The Labute approximate surface area is 262 Å². The monoisotopic (exact) mass is 632 g/mol. The molecule has 0 bridgehead atoms. The molecule has 4 aromatic rings. The molecule has 1 unspecified atom stereocenters.